The quantitative estimate of drug-likeness (QED) is 0.229. The molecule has 2 N–H and O–H groups in total. The number of rotatable bonds is 7. The summed E-state index contributed by atoms with van der Waals surface area (Å²) >= 11 is 6.16. The van der Waals surface area contributed by atoms with E-state index >= 15 is 0 Å². The Kier molecular flexibility index (Phi) is 7.95. The number of hydrogen-bond donors (Lipinski definition) is 2. The molecule has 2 heterocycles. The number of carbonyl (C=O) groups is 1. The molecule has 41 heavy (non-hydrogen) atoms. The monoisotopic (exact) mass is 579 g/mol. The fourth-order valence-corrected chi connectivity index (χ4v) is 5.05. The number of fused-ring (bicyclic) bond motifs is 1. The van der Waals surface area contributed by atoms with Crippen molar-refractivity contribution in [2.24, 2.45) is 0 Å². The maximum Gasteiger partial charge on any atom is 0.364 e. The molecule has 1 amide bonds. The predicted molar refractivity (Wildman–Crippen MR) is 154 cm³/mol. The third-order valence-corrected chi connectivity index (χ3v) is 7.38. The van der Waals surface area contributed by atoms with E-state index in [1.807, 2.05) is 13.8 Å². The van der Waals surface area contributed by atoms with Gasteiger partial charge in [0.2, 0.25) is 6.29 Å². The molecule has 2 atom stereocenters. The van der Waals surface area contributed by atoms with Crippen molar-refractivity contribution in [3.05, 3.63) is 87.2 Å². The molecule has 0 spiro atoms. The summed E-state index contributed by atoms with van der Waals surface area (Å²) < 4.78 is 29.1. The molecule has 0 bridgehead atoms. The van der Waals surface area contributed by atoms with Gasteiger partial charge in [0.25, 0.3) is 5.91 Å². The lowest BCUT2D eigenvalue weighted by Gasteiger charge is -2.41. The van der Waals surface area contributed by atoms with Crippen LogP contribution < -0.4 is 20.4 Å². The molecule has 4 aromatic rings. The predicted octanol–water partition coefficient (Wildman–Crippen LogP) is 6.81. The summed E-state index contributed by atoms with van der Waals surface area (Å²) in [6, 6.07) is 16.5. The van der Waals surface area contributed by atoms with Gasteiger partial charge in [-0.05, 0) is 69.7 Å². The molecule has 0 aliphatic carbocycles. The third-order valence-electron chi connectivity index (χ3n) is 7.06. The summed E-state index contributed by atoms with van der Waals surface area (Å²) in [5, 5.41) is 14.1. The summed E-state index contributed by atoms with van der Waals surface area (Å²) in [5.41, 5.74) is -0.989. The summed E-state index contributed by atoms with van der Waals surface area (Å²) in [7, 11) is 1.66. The molecular weight excluding hydrogens is 550 g/mol. The van der Waals surface area contributed by atoms with E-state index in [1.165, 1.54) is 6.07 Å². The molecule has 214 valence electrons. The Morgan fingerprint density at radius 3 is 2.59 bits per heavy atom. The van der Waals surface area contributed by atoms with Crippen LogP contribution in [0.1, 0.15) is 42.6 Å². The minimum atomic E-state index is -0.912. The smallest absolute Gasteiger partial charge is 0.364 e. The maximum atomic E-state index is 13.0. The van der Waals surface area contributed by atoms with Crippen LogP contribution in [0.3, 0.4) is 0 Å². The lowest BCUT2D eigenvalue weighted by molar-refractivity contribution is -0.233. The zero-order valence-electron chi connectivity index (χ0n) is 23.0. The average molecular weight is 580 g/mol. The first kappa shape index (κ1) is 28.5. The van der Waals surface area contributed by atoms with E-state index in [-0.39, 0.29) is 28.3 Å². The van der Waals surface area contributed by atoms with Crippen molar-refractivity contribution < 1.29 is 33.3 Å². The molecule has 9 nitrogen and oxygen atoms in total. The van der Waals surface area contributed by atoms with E-state index in [0.717, 1.165) is 6.42 Å². The molecule has 1 aliphatic rings. The van der Waals surface area contributed by atoms with Gasteiger partial charge < -0.3 is 33.8 Å². The number of amides is 1. The number of benzene rings is 3. The number of halogens is 1. The van der Waals surface area contributed by atoms with Crippen molar-refractivity contribution in [2.75, 3.05) is 12.4 Å². The largest absolute Gasteiger partial charge is 0.505 e. The molecule has 1 fully saturated rings. The fourth-order valence-electron chi connectivity index (χ4n) is 4.88. The van der Waals surface area contributed by atoms with E-state index < -0.39 is 29.2 Å². The van der Waals surface area contributed by atoms with E-state index in [4.69, 9.17) is 35.0 Å². The normalized spacial score (nSPS) is 18.2. The summed E-state index contributed by atoms with van der Waals surface area (Å²) in [6.45, 7) is 5.60. The van der Waals surface area contributed by atoms with E-state index in [0.29, 0.717) is 34.3 Å². The fraction of sp³-hybridized carbons (Fsp3) is 0.290. The molecule has 2 unspecified atom stereocenters. The number of anilines is 1. The minimum absolute atomic E-state index is 0.0546. The van der Waals surface area contributed by atoms with Crippen LogP contribution in [0.5, 0.6) is 23.0 Å². The molecular formula is C31H30ClNO8. The molecule has 1 saturated heterocycles. The minimum Gasteiger partial charge on any atom is -0.505 e. The highest BCUT2D eigenvalue weighted by molar-refractivity contribution is 6.32. The molecule has 5 rings (SSSR count). The third kappa shape index (κ3) is 5.88. The van der Waals surface area contributed by atoms with Gasteiger partial charge in [-0.1, -0.05) is 29.8 Å². The Bertz CT molecular complexity index is 1660. The van der Waals surface area contributed by atoms with E-state index in [9.17, 15) is 14.7 Å². The number of aryl methyl sites for hydroxylation is 1. The Labute approximate surface area is 241 Å². The molecule has 1 aliphatic heterocycles. The lowest BCUT2D eigenvalue weighted by Crippen LogP contribution is -2.49. The van der Waals surface area contributed by atoms with Gasteiger partial charge in [0.05, 0.1) is 22.1 Å². The zero-order chi connectivity index (χ0) is 29.3. The Morgan fingerprint density at radius 2 is 1.85 bits per heavy atom. The van der Waals surface area contributed by atoms with Gasteiger partial charge >= 0.3 is 5.63 Å². The van der Waals surface area contributed by atoms with Gasteiger partial charge in [-0.2, -0.15) is 0 Å². The molecule has 10 heteroatoms. The number of nitrogens with one attached hydrogen (secondary N) is 1. The summed E-state index contributed by atoms with van der Waals surface area (Å²) in [5.74, 6) is 0.187. The van der Waals surface area contributed by atoms with Crippen molar-refractivity contribution >= 4 is 34.2 Å². The first-order valence-corrected chi connectivity index (χ1v) is 13.5. The van der Waals surface area contributed by atoms with Crippen LogP contribution in [0.4, 0.5) is 5.69 Å². The van der Waals surface area contributed by atoms with Crippen LogP contribution in [0, 0.1) is 6.92 Å². The number of aromatic hydroxyl groups is 1. The highest BCUT2D eigenvalue weighted by Gasteiger charge is 2.39. The summed E-state index contributed by atoms with van der Waals surface area (Å²) in [4.78, 5) is 26.0. The van der Waals surface area contributed by atoms with Crippen molar-refractivity contribution in [2.45, 2.75) is 51.6 Å². The van der Waals surface area contributed by atoms with Gasteiger partial charge in [0.1, 0.15) is 22.8 Å². The number of methoxy groups -OCH3 is 1. The second-order valence-corrected chi connectivity index (χ2v) is 10.7. The standard InChI is InChI=1S/C31H30ClNO8/c1-17-22(39-25-15-14-24(37-4)31(2,3)41-25)13-12-20-27(34)26(30(36)40-28(17)20)33-29(35)18-8-7-9-19(16-18)38-23-11-6-5-10-21(23)32/h5-13,16,24-25,34H,14-15H2,1-4H3,(H,33,35). The van der Waals surface area contributed by atoms with Gasteiger partial charge in [-0.3, -0.25) is 4.79 Å². The second-order valence-electron chi connectivity index (χ2n) is 10.3. The van der Waals surface area contributed by atoms with Crippen LogP contribution in [0.15, 0.2) is 69.9 Å². The Hall–Kier alpha value is -4.05. The van der Waals surface area contributed by atoms with E-state index in [2.05, 4.69) is 5.32 Å². The molecule has 0 saturated carbocycles. The van der Waals surface area contributed by atoms with E-state index in [1.54, 1.807) is 68.6 Å². The lowest BCUT2D eigenvalue weighted by atomic mass is 9.94. The number of hydrogen-bond acceptors (Lipinski definition) is 8. The van der Waals surface area contributed by atoms with Crippen LogP contribution >= 0.6 is 11.6 Å². The van der Waals surface area contributed by atoms with Gasteiger partial charge in [0, 0.05) is 24.7 Å². The van der Waals surface area contributed by atoms with Crippen LogP contribution in [0.25, 0.3) is 11.0 Å². The van der Waals surface area contributed by atoms with Crippen molar-refractivity contribution in [1.82, 2.24) is 0 Å². The van der Waals surface area contributed by atoms with Crippen LogP contribution in [-0.4, -0.2) is 36.1 Å². The van der Waals surface area contributed by atoms with Crippen LogP contribution in [-0.2, 0) is 9.47 Å². The SMILES string of the molecule is COC1CCC(Oc2ccc3c(O)c(NC(=O)c4cccc(Oc5ccccc5Cl)c4)c(=O)oc3c2C)OC1(C)C. The maximum absolute atomic E-state index is 13.0. The Morgan fingerprint density at radius 1 is 1.07 bits per heavy atom. The van der Waals surface area contributed by atoms with Gasteiger partial charge in [-0.15, -0.1) is 0 Å². The van der Waals surface area contributed by atoms with Crippen molar-refractivity contribution in [3.63, 3.8) is 0 Å². The van der Waals surface area contributed by atoms with Crippen molar-refractivity contribution in [1.29, 1.82) is 0 Å². The second kappa shape index (κ2) is 11.4. The molecule has 0 radical (unpaired) electrons. The first-order valence-electron chi connectivity index (χ1n) is 13.1. The van der Waals surface area contributed by atoms with Gasteiger partial charge in [0.15, 0.2) is 11.4 Å². The number of carbonyl (C=O) groups excluding carboxylic acids is 1. The highest BCUT2D eigenvalue weighted by Crippen LogP contribution is 2.38. The van der Waals surface area contributed by atoms with Gasteiger partial charge in [-0.25, -0.2) is 4.79 Å². The zero-order valence-corrected chi connectivity index (χ0v) is 23.8. The average Bonchev–Trinajstić information content (AvgIpc) is 2.94. The van der Waals surface area contributed by atoms with Crippen LogP contribution in [0.2, 0.25) is 5.02 Å². The summed E-state index contributed by atoms with van der Waals surface area (Å²) in [6.07, 6.45) is 0.795. The Balaban J connectivity index is 1.37. The number of para-hydroxylation sites is 1. The number of ether oxygens (including phenoxy) is 4. The highest BCUT2D eigenvalue weighted by atomic mass is 35.5. The molecule has 1 aromatic heterocycles. The topological polar surface area (TPSA) is 116 Å². The first-order chi connectivity index (χ1) is 19.6. The molecule has 3 aromatic carbocycles. The van der Waals surface area contributed by atoms with Crippen molar-refractivity contribution in [3.8, 4) is 23.0 Å².